The van der Waals surface area contributed by atoms with Crippen molar-refractivity contribution in [1.29, 1.82) is 5.26 Å². The number of benzene rings is 2. The zero-order valence-electron chi connectivity index (χ0n) is 11.4. The lowest BCUT2D eigenvalue weighted by molar-refractivity contribution is 1.00. The van der Waals surface area contributed by atoms with Gasteiger partial charge in [-0.2, -0.15) is 5.26 Å². The topological polar surface area (TPSA) is 64.5 Å². The van der Waals surface area contributed by atoms with E-state index in [4.69, 9.17) is 5.26 Å². The highest BCUT2D eigenvalue weighted by molar-refractivity contribution is 5.58. The largest absolute Gasteiger partial charge is 0.378 e. The van der Waals surface area contributed by atoms with Crippen LogP contribution >= 0.6 is 0 Å². The smallest absolute Gasteiger partial charge is 0.125 e. The van der Waals surface area contributed by atoms with Crippen molar-refractivity contribution in [3.63, 3.8) is 0 Å². The van der Waals surface area contributed by atoms with Gasteiger partial charge in [0, 0.05) is 5.69 Å². The van der Waals surface area contributed by atoms with Crippen LogP contribution in [0, 0.1) is 11.3 Å². The SMILES string of the molecule is N#Cc1ccc(NCc2ncc(-c3ccccc3)[nH]2)cc1. The molecule has 0 saturated carbocycles. The third-order valence-electron chi connectivity index (χ3n) is 3.19. The Labute approximate surface area is 123 Å². The molecule has 1 aromatic heterocycles. The molecule has 0 aliphatic carbocycles. The second-order valence-corrected chi connectivity index (χ2v) is 4.65. The highest BCUT2D eigenvalue weighted by Gasteiger charge is 2.02. The van der Waals surface area contributed by atoms with E-state index in [0.717, 1.165) is 22.8 Å². The van der Waals surface area contributed by atoms with Crippen LogP contribution in [-0.4, -0.2) is 9.97 Å². The number of imidazole rings is 1. The van der Waals surface area contributed by atoms with E-state index >= 15 is 0 Å². The molecule has 0 fully saturated rings. The fourth-order valence-electron chi connectivity index (χ4n) is 2.07. The van der Waals surface area contributed by atoms with E-state index < -0.39 is 0 Å². The third-order valence-corrected chi connectivity index (χ3v) is 3.19. The molecule has 0 unspecified atom stereocenters. The zero-order chi connectivity index (χ0) is 14.5. The molecule has 0 aliphatic heterocycles. The number of aromatic amines is 1. The molecule has 0 amide bonds. The lowest BCUT2D eigenvalue weighted by Gasteiger charge is -2.04. The summed E-state index contributed by atoms with van der Waals surface area (Å²) >= 11 is 0. The molecule has 3 aromatic rings. The normalized spacial score (nSPS) is 10.0. The van der Waals surface area contributed by atoms with Gasteiger partial charge in [0.15, 0.2) is 0 Å². The first kappa shape index (κ1) is 12.9. The molecular weight excluding hydrogens is 260 g/mol. The minimum absolute atomic E-state index is 0.610. The maximum absolute atomic E-state index is 8.76. The summed E-state index contributed by atoms with van der Waals surface area (Å²) in [6.45, 7) is 0.610. The van der Waals surface area contributed by atoms with Gasteiger partial charge in [-0.05, 0) is 29.8 Å². The summed E-state index contributed by atoms with van der Waals surface area (Å²) in [6.07, 6.45) is 1.84. The molecule has 0 atom stereocenters. The van der Waals surface area contributed by atoms with Gasteiger partial charge < -0.3 is 10.3 Å². The van der Waals surface area contributed by atoms with Gasteiger partial charge in [0.25, 0.3) is 0 Å². The maximum atomic E-state index is 8.76. The lowest BCUT2D eigenvalue weighted by atomic mass is 10.2. The highest BCUT2D eigenvalue weighted by atomic mass is 15.0. The molecular formula is C17H14N4. The molecule has 1 heterocycles. The number of hydrogen-bond donors (Lipinski definition) is 2. The van der Waals surface area contributed by atoms with Gasteiger partial charge in [0.05, 0.1) is 30.1 Å². The van der Waals surface area contributed by atoms with E-state index in [1.54, 1.807) is 12.1 Å². The van der Waals surface area contributed by atoms with Crippen molar-refractivity contribution in [2.75, 3.05) is 5.32 Å². The van der Waals surface area contributed by atoms with Gasteiger partial charge in [0.2, 0.25) is 0 Å². The van der Waals surface area contributed by atoms with Gasteiger partial charge >= 0.3 is 0 Å². The van der Waals surface area contributed by atoms with Crippen molar-refractivity contribution in [1.82, 2.24) is 9.97 Å². The summed E-state index contributed by atoms with van der Waals surface area (Å²) < 4.78 is 0. The maximum Gasteiger partial charge on any atom is 0.125 e. The number of aromatic nitrogens is 2. The Morgan fingerprint density at radius 3 is 2.52 bits per heavy atom. The van der Waals surface area contributed by atoms with Crippen molar-refractivity contribution < 1.29 is 0 Å². The first-order valence-electron chi connectivity index (χ1n) is 6.68. The van der Waals surface area contributed by atoms with Crippen LogP contribution in [0.3, 0.4) is 0 Å². The van der Waals surface area contributed by atoms with Gasteiger partial charge in [0.1, 0.15) is 5.82 Å². The summed E-state index contributed by atoms with van der Waals surface area (Å²) in [5.74, 6) is 0.873. The van der Waals surface area contributed by atoms with Gasteiger partial charge in [-0.1, -0.05) is 30.3 Å². The second kappa shape index (κ2) is 5.93. The zero-order valence-corrected chi connectivity index (χ0v) is 11.4. The predicted octanol–water partition coefficient (Wildman–Crippen LogP) is 3.56. The molecule has 2 aromatic carbocycles. The van der Waals surface area contributed by atoms with Gasteiger partial charge in [-0.3, -0.25) is 0 Å². The van der Waals surface area contributed by atoms with Gasteiger partial charge in [-0.25, -0.2) is 4.98 Å². The Hall–Kier alpha value is -3.06. The molecule has 0 spiro atoms. The number of nitrogens with zero attached hydrogens (tertiary/aromatic N) is 2. The van der Waals surface area contributed by atoms with Crippen LogP contribution in [0.5, 0.6) is 0 Å². The van der Waals surface area contributed by atoms with E-state index in [2.05, 4.69) is 21.4 Å². The third kappa shape index (κ3) is 3.10. The first-order chi connectivity index (χ1) is 10.3. The number of H-pyrrole nitrogens is 1. The predicted molar refractivity (Wildman–Crippen MR) is 82.5 cm³/mol. The Morgan fingerprint density at radius 2 is 1.81 bits per heavy atom. The van der Waals surface area contributed by atoms with Crippen LogP contribution in [0.1, 0.15) is 11.4 Å². The van der Waals surface area contributed by atoms with Crippen LogP contribution in [0.2, 0.25) is 0 Å². The lowest BCUT2D eigenvalue weighted by Crippen LogP contribution is -2.01. The molecule has 102 valence electrons. The van der Waals surface area contributed by atoms with Crippen LogP contribution < -0.4 is 5.32 Å². The Kier molecular flexibility index (Phi) is 3.66. The monoisotopic (exact) mass is 274 g/mol. The average molecular weight is 274 g/mol. The molecule has 0 aliphatic rings. The summed E-state index contributed by atoms with van der Waals surface area (Å²) in [6, 6.07) is 19.6. The standard InChI is InChI=1S/C17H14N4/c18-10-13-6-8-15(9-7-13)19-12-17-20-11-16(21-17)14-4-2-1-3-5-14/h1-9,11,19H,12H2,(H,20,21). The summed E-state index contributed by atoms with van der Waals surface area (Å²) in [4.78, 5) is 7.67. The molecule has 0 radical (unpaired) electrons. The van der Waals surface area contributed by atoms with Crippen LogP contribution in [0.4, 0.5) is 5.69 Å². The number of rotatable bonds is 4. The van der Waals surface area contributed by atoms with Crippen molar-refractivity contribution in [2.45, 2.75) is 6.54 Å². The van der Waals surface area contributed by atoms with Crippen LogP contribution in [-0.2, 0) is 6.54 Å². The van der Waals surface area contributed by atoms with Crippen LogP contribution in [0.25, 0.3) is 11.3 Å². The molecule has 4 heteroatoms. The van der Waals surface area contributed by atoms with Crippen LogP contribution in [0.15, 0.2) is 60.8 Å². The Morgan fingerprint density at radius 1 is 1.05 bits per heavy atom. The number of hydrogen-bond acceptors (Lipinski definition) is 3. The minimum atomic E-state index is 0.610. The van der Waals surface area contributed by atoms with Crippen molar-refractivity contribution >= 4 is 5.69 Å². The molecule has 4 nitrogen and oxygen atoms in total. The Balaban J connectivity index is 1.66. The van der Waals surface area contributed by atoms with Crippen molar-refractivity contribution in [2.24, 2.45) is 0 Å². The fraction of sp³-hybridized carbons (Fsp3) is 0.0588. The fourth-order valence-corrected chi connectivity index (χ4v) is 2.07. The Bertz CT molecular complexity index is 751. The number of anilines is 1. The quantitative estimate of drug-likeness (QED) is 0.764. The molecule has 0 bridgehead atoms. The van der Waals surface area contributed by atoms with E-state index in [1.165, 1.54) is 0 Å². The molecule has 2 N–H and O–H groups in total. The summed E-state index contributed by atoms with van der Waals surface area (Å²) in [5, 5.41) is 12.0. The number of nitriles is 1. The average Bonchev–Trinajstić information content (AvgIpc) is 3.03. The molecule has 0 saturated heterocycles. The molecule has 3 rings (SSSR count). The highest BCUT2D eigenvalue weighted by Crippen LogP contribution is 2.16. The molecule has 21 heavy (non-hydrogen) atoms. The second-order valence-electron chi connectivity index (χ2n) is 4.65. The van der Waals surface area contributed by atoms with Gasteiger partial charge in [-0.15, -0.1) is 0 Å². The summed E-state index contributed by atoms with van der Waals surface area (Å²) in [5.41, 5.74) is 3.75. The van der Waals surface area contributed by atoms with E-state index in [9.17, 15) is 0 Å². The summed E-state index contributed by atoms with van der Waals surface area (Å²) in [7, 11) is 0. The minimum Gasteiger partial charge on any atom is -0.378 e. The number of nitrogens with one attached hydrogen (secondary N) is 2. The van der Waals surface area contributed by atoms with Crippen molar-refractivity contribution in [3.05, 3.63) is 72.2 Å². The van der Waals surface area contributed by atoms with Crippen molar-refractivity contribution in [3.8, 4) is 17.3 Å². The van der Waals surface area contributed by atoms with E-state index in [0.29, 0.717) is 12.1 Å². The van der Waals surface area contributed by atoms with E-state index in [-0.39, 0.29) is 0 Å². The first-order valence-corrected chi connectivity index (χ1v) is 6.68. The van der Waals surface area contributed by atoms with E-state index in [1.807, 2.05) is 48.7 Å².